The van der Waals surface area contributed by atoms with Gasteiger partial charge in [0.2, 0.25) is 5.91 Å². The largest absolute Gasteiger partial charge is 0.404 e. The number of nitrogens with two attached hydrogens (primary N) is 1. The number of pyridine rings is 1. The lowest BCUT2D eigenvalue weighted by Gasteiger charge is -2.13. The van der Waals surface area contributed by atoms with Gasteiger partial charge >= 0.3 is 0 Å². The number of fused-ring (bicyclic) bond motifs is 1. The molecule has 1 atom stereocenters. The molecule has 4 N–H and O–H groups in total. The van der Waals surface area contributed by atoms with Gasteiger partial charge in [0.15, 0.2) is 0 Å². The number of allylic oxidation sites excluding steroid dienone is 1. The highest BCUT2D eigenvalue weighted by molar-refractivity contribution is 6.08. The van der Waals surface area contributed by atoms with Gasteiger partial charge in [-0.15, -0.1) is 0 Å². The Balaban J connectivity index is 0.000000478. The fourth-order valence-electron chi connectivity index (χ4n) is 3.93. The lowest BCUT2D eigenvalue weighted by atomic mass is 10.0. The van der Waals surface area contributed by atoms with Crippen LogP contribution in [-0.2, 0) is 4.79 Å². The van der Waals surface area contributed by atoms with Crippen LogP contribution >= 0.6 is 0 Å². The number of amides is 1. The van der Waals surface area contributed by atoms with Gasteiger partial charge in [-0.3, -0.25) is 19.8 Å². The summed E-state index contributed by atoms with van der Waals surface area (Å²) >= 11 is 0. The van der Waals surface area contributed by atoms with Crippen molar-refractivity contribution in [2.45, 2.75) is 79.6 Å². The van der Waals surface area contributed by atoms with E-state index in [0.717, 1.165) is 28.4 Å². The van der Waals surface area contributed by atoms with E-state index >= 15 is 0 Å². The number of nitrogens with one attached hydrogen (secondary N) is 2. The minimum absolute atomic E-state index is 0.0750. The first-order valence-corrected chi connectivity index (χ1v) is 14.2. The second kappa shape index (κ2) is 16.8. The predicted octanol–water partition coefficient (Wildman–Crippen LogP) is 6.87. The number of hydrogen-bond acceptors (Lipinski definition) is 7. The van der Waals surface area contributed by atoms with Gasteiger partial charge in [-0.1, -0.05) is 72.8 Å². The van der Waals surface area contributed by atoms with E-state index < -0.39 is 0 Å². The number of aliphatic imine (C=N–C) groups is 1. The maximum absolute atomic E-state index is 11.7. The topological polar surface area (TPSA) is 123 Å². The Kier molecular flexibility index (Phi) is 13.6. The van der Waals surface area contributed by atoms with Crippen molar-refractivity contribution in [2.75, 3.05) is 17.7 Å². The molecule has 0 aliphatic carbocycles. The molecule has 0 saturated carbocycles. The van der Waals surface area contributed by atoms with E-state index in [1.807, 2.05) is 13.0 Å². The molecular weight excluding hydrogens is 500 g/mol. The molecule has 9 heteroatoms. The molecule has 0 aliphatic heterocycles. The summed E-state index contributed by atoms with van der Waals surface area (Å²) in [5.41, 5.74) is 11.4. The molecule has 0 radical (unpaired) electrons. The number of carbonyl (C=O) groups excluding carboxylic acids is 1. The number of carbonyl (C=O) groups is 1. The van der Waals surface area contributed by atoms with Crippen molar-refractivity contribution in [3.63, 3.8) is 0 Å². The molecule has 216 valence electrons. The molecule has 0 aliphatic rings. The van der Waals surface area contributed by atoms with Gasteiger partial charge in [0.1, 0.15) is 0 Å². The summed E-state index contributed by atoms with van der Waals surface area (Å²) in [5, 5.41) is 10.5. The van der Waals surface area contributed by atoms with E-state index in [-0.39, 0.29) is 5.91 Å². The Hall–Kier alpha value is -4.01. The maximum atomic E-state index is 11.7. The third kappa shape index (κ3) is 9.63. The van der Waals surface area contributed by atoms with Crippen molar-refractivity contribution in [1.82, 2.24) is 19.6 Å². The Bertz CT molecular complexity index is 1310. The zero-order valence-corrected chi connectivity index (χ0v) is 25.0. The van der Waals surface area contributed by atoms with Gasteiger partial charge in [-0.2, -0.15) is 5.10 Å². The highest BCUT2D eigenvalue weighted by atomic mass is 16.1. The number of aryl methyl sites for hydroxylation is 1. The van der Waals surface area contributed by atoms with Crippen molar-refractivity contribution >= 4 is 40.3 Å². The SMILES string of the molecule is C=C(Nc1cc(NC(=O)CC)cnc1C)c1cnn2cc(/C(C=NC)=C/N)ncc12.CCCCCCC(C)CC. The highest BCUT2D eigenvalue weighted by Gasteiger charge is 2.12. The van der Waals surface area contributed by atoms with Crippen LogP contribution in [-0.4, -0.2) is 38.8 Å². The third-order valence-corrected chi connectivity index (χ3v) is 6.70. The molecule has 3 heterocycles. The van der Waals surface area contributed by atoms with Gasteiger partial charge in [-0.05, 0) is 18.9 Å². The predicted molar refractivity (Wildman–Crippen MR) is 168 cm³/mol. The van der Waals surface area contributed by atoms with Crippen LogP contribution in [0.1, 0.15) is 89.6 Å². The van der Waals surface area contributed by atoms with Crippen LogP contribution in [0.25, 0.3) is 16.8 Å². The summed E-state index contributed by atoms with van der Waals surface area (Å²) in [6, 6.07) is 1.82. The average molecular weight is 547 g/mol. The highest BCUT2D eigenvalue weighted by Crippen LogP contribution is 2.25. The van der Waals surface area contributed by atoms with Crippen LogP contribution in [0.2, 0.25) is 0 Å². The Morgan fingerprint density at radius 3 is 2.58 bits per heavy atom. The van der Waals surface area contributed by atoms with Crippen molar-refractivity contribution in [2.24, 2.45) is 16.6 Å². The second-order valence-electron chi connectivity index (χ2n) is 9.89. The summed E-state index contributed by atoms with van der Waals surface area (Å²) in [4.78, 5) is 24.4. The van der Waals surface area contributed by atoms with Crippen molar-refractivity contribution in [3.05, 3.63) is 60.6 Å². The molecule has 0 fully saturated rings. The maximum Gasteiger partial charge on any atom is 0.224 e. The molecule has 0 bridgehead atoms. The lowest BCUT2D eigenvalue weighted by Crippen LogP contribution is -2.10. The molecule has 3 aromatic heterocycles. The van der Waals surface area contributed by atoms with E-state index in [0.29, 0.717) is 29.1 Å². The van der Waals surface area contributed by atoms with Crippen molar-refractivity contribution < 1.29 is 4.79 Å². The Morgan fingerprint density at radius 1 is 1.15 bits per heavy atom. The van der Waals surface area contributed by atoms with Gasteiger partial charge in [0.25, 0.3) is 0 Å². The van der Waals surface area contributed by atoms with Crippen LogP contribution in [0.3, 0.4) is 0 Å². The van der Waals surface area contributed by atoms with Crippen LogP contribution in [0, 0.1) is 12.8 Å². The molecule has 3 rings (SSSR count). The van der Waals surface area contributed by atoms with Gasteiger partial charge in [-0.25, -0.2) is 4.52 Å². The Morgan fingerprint density at radius 2 is 1.93 bits per heavy atom. The van der Waals surface area contributed by atoms with Crippen LogP contribution in [0.15, 0.2) is 48.6 Å². The number of rotatable bonds is 13. The number of aromatic nitrogens is 4. The molecule has 1 unspecified atom stereocenters. The average Bonchev–Trinajstić information content (AvgIpc) is 3.39. The molecular formula is C31H46N8O. The van der Waals surface area contributed by atoms with Gasteiger partial charge in [0, 0.05) is 42.7 Å². The molecule has 0 aromatic carbocycles. The number of nitrogens with zero attached hydrogens (tertiary/aromatic N) is 5. The molecule has 40 heavy (non-hydrogen) atoms. The van der Waals surface area contributed by atoms with E-state index in [2.05, 4.69) is 58.0 Å². The van der Waals surface area contributed by atoms with Crippen LogP contribution < -0.4 is 16.4 Å². The summed E-state index contributed by atoms with van der Waals surface area (Å²) in [5.74, 6) is 0.880. The zero-order chi connectivity index (χ0) is 29.5. The standard InChI is InChI=1S/C21H24N8O.C10H22/c1-5-21(30)28-16-6-18(14(3)24-9-16)27-13(2)17-10-26-29-12-19(25-11-20(17)29)15(7-22)8-23-4;1-4-6-7-8-9-10(3)5-2/h6-12,27H,2,5,22H2,1,3-4H3,(H,28,30);10H,4-9H2,1-3H3/b15-7+,23-8?;. The van der Waals surface area contributed by atoms with Gasteiger partial charge in [0.05, 0.1) is 53.1 Å². The minimum atomic E-state index is -0.0750. The smallest absolute Gasteiger partial charge is 0.224 e. The molecule has 1 amide bonds. The monoisotopic (exact) mass is 546 g/mol. The van der Waals surface area contributed by atoms with Crippen molar-refractivity contribution in [3.8, 4) is 0 Å². The summed E-state index contributed by atoms with van der Waals surface area (Å²) in [7, 11) is 1.67. The fraction of sp³-hybridized carbons (Fsp3) is 0.452. The Labute approximate surface area is 239 Å². The first-order valence-electron chi connectivity index (χ1n) is 14.2. The third-order valence-electron chi connectivity index (χ3n) is 6.70. The van der Waals surface area contributed by atoms with E-state index in [9.17, 15) is 4.79 Å². The number of unbranched alkanes of at least 4 members (excludes halogenated alkanes) is 3. The number of anilines is 2. The lowest BCUT2D eigenvalue weighted by molar-refractivity contribution is -0.115. The molecule has 3 aromatic rings. The molecule has 0 spiro atoms. The van der Waals surface area contributed by atoms with Crippen molar-refractivity contribution in [1.29, 1.82) is 0 Å². The molecule has 0 saturated heterocycles. The zero-order valence-electron chi connectivity index (χ0n) is 25.0. The first kappa shape index (κ1) is 32.2. The van der Waals surface area contributed by atoms with E-state index in [4.69, 9.17) is 5.73 Å². The normalized spacial score (nSPS) is 12.2. The van der Waals surface area contributed by atoms with E-state index in [1.165, 1.54) is 44.7 Å². The quantitative estimate of drug-likeness (QED) is 0.159. The van der Waals surface area contributed by atoms with Gasteiger partial charge < -0.3 is 16.4 Å². The fourth-order valence-corrected chi connectivity index (χ4v) is 3.93. The summed E-state index contributed by atoms with van der Waals surface area (Å²) < 4.78 is 1.71. The first-order chi connectivity index (χ1) is 19.3. The van der Waals surface area contributed by atoms with Crippen LogP contribution in [0.4, 0.5) is 11.4 Å². The number of hydrogen-bond donors (Lipinski definition) is 3. The summed E-state index contributed by atoms with van der Waals surface area (Å²) in [6.07, 6.45) is 18.8. The molecule has 9 nitrogen and oxygen atoms in total. The summed E-state index contributed by atoms with van der Waals surface area (Å²) in [6.45, 7) is 14.7. The second-order valence-corrected chi connectivity index (χ2v) is 9.89. The van der Waals surface area contributed by atoms with E-state index in [1.54, 1.807) is 49.5 Å². The van der Waals surface area contributed by atoms with Crippen LogP contribution in [0.5, 0.6) is 0 Å². The minimum Gasteiger partial charge on any atom is -0.404 e.